The molecule has 0 radical (unpaired) electrons. The first kappa shape index (κ1) is 15.4. The molecule has 0 saturated carbocycles. The number of hydrogen-bond donors (Lipinski definition) is 2. The van der Waals surface area contributed by atoms with Crippen molar-refractivity contribution < 1.29 is 0 Å². The zero-order valence-corrected chi connectivity index (χ0v) is 13.1. The Bertz CT molecular complexity index is 559. The van der Waals surface area contributed by atoms with E-state index in [0.29, 0.717) is 17.9 Å². The summed E-state index contributed by atoms with van der Waals surface area (Å²) in [4.78, 5) is 18.8. The Hall–Kier alpha value is -1.94. The second-order valence-corrected chi connectivity index (χ2v) is 5.28. The molecule has 0 saturated heterocycles. The summed E-state index contributed by atoms with van der Waals surface area (Å²) < 4.78 is 1.47. The van der Waals surface area contributed by atoms with Crippen molar-refractivity contribution in [3.63, 3.8) is 0 Å². The lowest BCUT2D eigenvalue weighted by molar-refractivity contribution is 0.651. The highest BCUT2D eigenvalue weighted by atomic mass is 32.2. The molecule has 0 aliphatic heterocycles. The highest BCUT2D eigenvalue weighted by Gasteiger charge is 2.18. The van der Waals surface area contributed by atoms with Gasteiger partial charge in [-0.05, 0) is 12.7 Å². The molecule has 1 unspecified atom stereocenters. The molecular formula is C11H19N9S. The van der Waals surface area contributed by atoms with Gasteiger partial charge < -0.3 is 4.90 Å². The molecule has 0 spiro atoms. The van der Waals surface area contributed by atoms with E-state index >= 15 is 0 Å². The van der Waals surface area contributed by atoms with Gasteiger partial charge in [0.2, 0.25) is 11.9 Å². The first-order valence-electron chi connectivity index (χ1n) is 6.49. The van der Waals surface area contributed by atoms with E-state index in [1.165, 1.54) is 17.3 Å². The van der Waals surface area contributed by atoms with Gasteiger partial charge in [-0.2, -0.15) is 36.5 Å². The van der Waals surface area contributed by atoms with Crippen molar-refractivity contribution in [1.82, 2.24) is 29.7 Å². The summed E-state index contributed by atoms with van der Waals surface area (Å²) in [7, 11) is 1.96. The number of rotatable bonds is 7. The van der Waals surface area contributed by atoms with Crippen LogP contribution in [0.4, 0.5) is 11.9 Å². The molecule has 21 heavy (non-hydrogen) atoms. The fraction of sp³-hybridized carbons (Fsp3) is 0.545. The first-order valence-corrected chi connectivity index (χ1v) is 7.88. The monoisotopic (exact) mass is 309 g/mol. The Morgan fingerprint density at radius 2 is 2.24 bits per heavy atom. The van der Waals surface area contributed by atoms with Crippen molar-refractivity contribution in [3.8, 4) is 5.95 Å². The third kappa shape index (κ3) is 3.58. The van der Waals surface area contributed by atoms with Crippen molar-refractivity contribution in [2.24, 2.45) is 5.84 Å². The minimum atomic E-state index is 0.288. The van der Waals surface area contributed by atoms with Gasteiger partial charge in [0, 0.05) is 18.8 Å². The van der Waals surface area contributed by atoms with E-state index in [0.717, 1.165) is 12.2 Å². The molecule has 2 heterocycles. The summed E-state index contributed by atoms with van der Waals surface area (Å²) in [6.07, 6.45) is 6.02. The molecule has 0 bridgehead atoms. The number of nitrogens with zero attached hydrogens (tertiary/aromatic N) is 7. The van der Waals surface area contributed by atoms with Crippen LogP contribution in [0.15, 0.2) is 12.7 Å². The van der Waals surface area contributed by atoms with Crippen molar-refractivity contribution in [2.45, 2.75) is 19.4 Å². The fourth-order valence-corrected chi connectivity index (χ4v) is 2.69. The van der Waals surface area contributed by atoms with E-state index in [1.807, 2.05) is 11.9 Å². The molecule has 3 N–H and O–H groups in total. The van der Waals surface area contributed by atoms with Crippen LogP contribution in [0.2, 0.25) is 0 Å². The van der Waals surface area contributed by atoms with Crippen molar-refractivity contribution in [2.75, 3.05) is 29.4 Å². The Morgan fingerprint density at radius 1 is 1.43 bits per heavy atom. The van der Waals surface area contributed by atoms with E-state index < -0.39 is 0 Å². The Balaban J connectivity index is 2.36. The lowest BCUT2D eigenvalue weighted by Crippen LogP contribution is -2.35. The maximum Gasteiger partial charge on any atom is 0.258 e. The topological polar surface area (TPSA) is 111 Å². The van der Waals surface area contributed by atoms with Crippen molar-refractivity contribution >= 4 is 23.7 Å². The average molecular weight is 309 g/mol. The number of anilines is 2. The van der Waals surface area contributed by atoms with Gasteiger partial charge in [-0.25, -0.2) is 10.8 Å². The summed E-state index contributed by atoms with van der Waals surface area (Å²) in [5.74, 6) is 7.63. The second kappa shape index (κ2) is 7.18. The van der Waals surface area contributed by atoms with Crippen LogP contribution < -0.4 is 16.2 Å². The minimum Gasteiger partial charge on any atom is -0.340 e. The first-order chi connectivity index (χ1) is 10.2. The van der Waals surface area contributed by atoms with Crippen LogP contribution in [0.3, 0.4) is 0 Å². The molecule has 0 aliphatic rings. The number of nitrogens with one attached hydrogen (secondary N) is 1. The van der Waals surface area contributed by atoms with Crippen LogP contribution in [0.25, 0.3) is 5.95 Å². The van der Waals surface area contributed by atoms with E-state index in [4.69, 9.17) is 5.84 Å². The van der Waals surface area contributed by atoms with Gasteiger partial charge in [0.05, 0.1) is 0 Å². The number of nitrogen functional groups attached to an aromatic ring is 1. The van der Waals surface area contributed by atoms with Crippen molar-refractivity contribution in [3.05, 3.63) is 12.7 Å². The van der Waals surface area contributed by atoms with Crippen LogP contribution in [-0.4, -0.2) is 54.8 Å². The molecule has 2 aromatic heterocycles. The average Bonchev–Trinajstić information content (AvgIpc) is 3.05. The number of thioether (sulfide) groups is 1. The third-order valence-corrected chi connectivity index (χ3v) is 3.78. The molecule has 114 valence electrons. The zero-order valence-electron chi connectivity index (χ0n) is 12.3. The van der Waals surface area contributed by atoms with Crippen LogP contribution in [-0.2, 0) is 0 Å². The molecule has 2 rings (SSSR count). The highest BCUT2D eigenvalue weighted by molar-refractivity contribution is 7.98. The lowest BCUT2D eigenvalue weighted by Gasteiger charge is -2.26. The summed E-state index contributed by atoms with van der Waals surface area (Å²) in [6.45, 7) is 2.14. The second-order valence-electron chi connectivity index (χ2n) is 4.37. The molecule has 0 fully saturated rings. The molecule has 0 aliphatic carbocycles. The Labute approximate surface area is 127 Å². The van der Waals surface area contributed by atoms with Gasteiger partial charge >= 0.3 is 0 Å². The number of hydrogen-bond acceptors (Lipinski definition) is 9. The minimum absolute atomic E-state index is 0.288. The van der Waals surface area contributed by atoms with Gasteiger partial charge in [0.1, 0.15) is 12.7 Å². The Morgan fingerprint density at radius 3 is 2.81 bits per heavy atom. The number of hydrazine groups is 1. The summed E-state index contributed by atoms with van der Waals surface area (Å²) in [5.41, 5.74) is 2.46. The van der Waals surface area contributed by atoms with Gasteiger partial charge in [-0.15, -0.1) is 0 Å². The standard InChI is InChI=1S/C11H19N9S/c1-4-8(5-21-3)19(2)10-15-9(18-12)16-11(17-10)20-7-13-6-14-20/h6-8H,4-5,12H2,1-3H3,(H,15,16,17,18). The lowest BCUT2D eigenvalue weighted by atomic mass is 10.2. The van der Waals surface area contributed by atoms with Crippen LogP contribution in [0, 0.1) is 0 Å². The molecular weight excluding hydrogens is 290 g/mol. The Kier molecular flexibility index (Phi) is 5.28. The quantitative estimate of drug-likeness (QED) is 0.551. The maximum absolute atomic E-state index is 5.44. The van der Waals surface area contributed by atoms with Gasteiger partial charge in [0.25, 0.3) is 5.95 Å². The van der Waals surface area contributed by atoms with E-state index in [-0.39, 0.29) is 5.95 Å². The predicted molar refractivity (Wildman–Crippen MR) is 83.4 cm³/mol. The molecule has 0 aromatic carbocycles. The summed E-state index contributed by atoms with van der Waals surface area (Å²) in [5, 5.41) is 4.03. The van der Waals surface area contributed by atoms with Crippen LogP contribution >= 0.6 is 11.8 Å². The maximum atomic E-state index is 5.44. The smallest absolute Gasteiger partial charge is 0.258 e. The molecule has 0 amide bonds. The van der Waals surface area contributed by atoms with Crippen LogP contribution in [0.1, 0.15) is 13.3 Å². The summed E-state index contributed by atoms with van der Waals surface area (Å²) in [6, 6.07) is 0.330. The number of aromatic nitrogens is 6. The van der Waals surface area contributed by atoms with Gasteiger partial charge in [-0.3, -0.25) is 5.43 Å². The van der Waals surface area contributed by atoms with Crippen LogP contribution in [0.5, 0.6) is 0 Å². The molecule has 1 atom stereocenters. The van der Waals surface area contributed by atoms with Gasteiger partial charge in [0.15, 0.2) is 0 Å². The third-order valence-electron chi connectivity index (χ3n) is 3.06. The van der Waals surface area contributed by atoms with Gasteiger partial charge in [-0.1, -0.05) is 6.92 Å². The highest BCUT2D eigenvalue weighted by Crippen LogP contribution is 2.17. The van der Waals surface area contributed by atoms with E-state index in [2.05, 4.69) is 43.6 Å². The predicted octanol–water partition coefficient (Wildman–Crippen LogP) is 0.316. The largest absolute Gasteiger partial charge is 0.340 e. The summed E-state index contributed by atoms with van der Waals surface area (Å²) >= 11 is 1.79. The normalized spacial score (nSPS) is 12.2. The fourth-order valence-electron chi connectivity index (χ4n) is 1.85. The molecule has 2 aromatic rings. The van der Waals surface area contributed by atoms with Crippen molar-refractivity contribution in [1.29, 1.82) is 0 Å². The molecule has 9 nitrogen and oxygen atoms in total. The van der Waals surface area contributed by atoms with E-state index in [9.17, 15) is 0 Å². The van der Waals surface area contributed by atoms with E-state index in [1.54, 1.807) is 11.8 Å². The zero-order chi connectivity index (χ0) is 15.2. The molecule has 10 heteroatoms. The SMILES string of the molecule is CCC(CSC)N(C)c1nc(NN)nc(-n2cncn2)n1. The number of nitrogens with two attached hydrogens (primary N) is 1.